The Hall–Kier alpha value is -2.51. The second-order valence-corrected chi connectivity index (χ2v) is 8.59. The van der Waals surface area contributed by atoms with Gasteiger partial charge in [-0.1, -0.05) is 17.7 Å². The number of piperidine rings is 1. The molecule has 0 bridgehead atoms. The molecule has 1 amide bonds. The number of ether oxygens (including phenoxy) is 1. The molecule has 7 nitrogen and oxygen atoms in total. The van der Waals surface area contributed by atoms with Gasteiger partial charge in [0.15, 0.2) is 0 Å². The molecular formula is C23H27ClN4O3. The van der Waals surface area contributed by atoms with Gasteiger partial charge in [-0.2, -0.15) is 0 Å². The quantitative estimate of drug-likeness (QED) is 0.683. The maximum Gasteiger partial charge on any atom is 0.220 e. The van der Waals surface area contributed by atoms with E-state index in [4.69, 9.17) is 21.3 Å². The van der Waals surface area contributed by atoms with Crippen LogP contribution in [0.4, 0.5) is 5.82 Å². The summed E-state index contributed by atoms with van der Waals surface area (Å²) in [6.07, 6.45) is 4.90. The maximum atomic E-state index is 12.6. The molecule has 0 spiro atoms. The van der Waals surface area contributed by atoms with Crippen LogP contribution in [0.5, 0.6) is 0 Å². The van der Waals surface area contributed by atoms with Gasteiger partial charge in [0.05, 0.1) is 10.7 Å². The summed E-state index contributed by atoms with van der Waals surface area (Å²) in [5, 5.41) is 6.68. The molecule has 164 valence electrons. The fraction of sp³-hybridized carbons (Fsp3) is 0.478. The van der Waals surface area contributed by atoms with Crippen molar-refractivity contribution in [3.8, 4) is 11.3 Å². The van der Waals surface area contributed by atoms with Gasteiger partial charge in [-0.3, -0.25) is 14.6 Å². The van der Waals surface area contributed by atoms with Crippen LogP contribution in [0.1, 0.15) is 31.4 Å². The van der Waals surface area contributed by atoms with Crippen molar-refractivity contribution in [1.82, 2.24) is 15.3 Å². The number of amides is 1. The zero-order valence-electron chi connectivity index (χ0n) is 17.4. The molecule has 2 saturated heterocycles. The molecule has 2 aliphatic heterocycles. The minimum Gasteiger partial charge on any atom is -0.381 e. The van der Waals surface area contributed by atoms with Crippen molar-refractivity contribution in [3.05, 3.63) is 41.2 Å². The minimum atomic E-state index is -0.158. The number of halogens is 1. The van der Waals surface area contributed by atoms with Gasteiger partial charge in [-0.25, -0.2) is 4.98 Å². The highest BCUT2D eigenvalue weighted by Crippen LogP contribution is 2.28. The third kappa shape index (κ3) is 5.80. The first-order valence-corrected chi connectivity index (χ1v) is 11.2. The van der Waals surface area contributed by atoms with Gasteiger partial charge < -0.3 is 15.4 Å². The lowest BCUT2D eigenvalue weighted by Crippen LogP contribution is -2.38. The number of nitrogens with one attached hydrogen (secondary N) is 2. The number of carbonyl (C=O) groups excluding carboxylic acids is 2. The largest absolute Gasteiger partial charge is 0.381 e. The third-order valence-electron chi connectivity index (χ3n) is 5.93. The number of pyridine rings is 2. The summed E-state index contributed by atoms with van der Waals surface area (Å²) >= 11 is 6.41. The predicted octanol–water partition coefficient (Wildman–Crippen LogP) is 3.27. The Kier molecular flexibility index (Phi) is 7.14. The molecule has 8 heteroatoms. The first-order chi connectivity index (χ1) is 15.1. The second-order valence-electron chi connectivity index (χ2n) is 8.18. The zero-order chi connectivity index (χ0) is 21.6. The van der Waals surface area contributed by atoms with Crippen LogP contribution in [0.25, 0.3) is 11.3 Å². The van der Waals surface area contributed by atoms with Gasteiger partial charge in [-0.15, -0.1) is 0 Å². The lowest BCUT2D eigenvalue weighted by Gasteiger charge is -2.22. The van der Waals surface area contributed by atoms with Crippen LogP contribution in [0.15, 0.2) is 30.5 Å². The van der Waals surface area contributed by atoms with E-state index in [9.17, 15) is 9.59 Å². The molecule has 31 heavy (non-hydrogen) atoms. The van der Waals surface area contributed by atoms with E-state index in [1.54, 1.807) is 6.20 Å². The van der Waals surface area contributed by atoms with E-state index in [-0.39, 0.29) is 24.0 Å². The molecule has 2 fully saturated rings. The predicted molar refractivity (Wildman–Crippen MR) is 119 cm³/mol. The highest BCUT2D eigenvalue weighted by molar-refractivity contribution is 6.33. The lowest BCUT2D eigenvalue weighted by molar-refractivity contribution is -0.127. The highest BCUT2D eigenvalue weighted by atomic mass is 35.5. The molecule has 1 atom stereocenters. The summed E-state index contributed by atoms with van der Waals surface area (Å²) in [4.78, 5) is 33.0. The van der Waals surface area contributed by atoms with Crippen molar-refractivity contribution < 1.29 is 14.3 Å². The fourth-order valence-corrected chi connectivity index (χ4v) is 4.19. The molecule has 2 aliphatic rings. The van der Waals surface area contributed by atoms with Crippen LogP contribution in [0.2, 0.25) is 5.02 Å². The van der Waals surface area contributed by atoms with Crippen LogP contribution < -0.4 is 10.6 Å². The fourth-order valence-electron chi connectivity index (χ4n) is 3.99. The van der Waals surface area contributed by atoms with Crippen LogP contribution in [-0.4, -0.2) is 48.0 Å². The van der Waals surface area contributed by atoms with Crippen LogP contribution in [0.3, 0.4) is 0 Å². The van der Waals surface area contributed by atoms with Gasteiger partial charge in [0, 0.05) is 62.5 Å². The molecule has 1 unspecified atom stereocenters. The number of anilines is 1. The Morgan fingerprint density at radius 2 is 2.10 bits per heavy atom. The van der Waals surface area contributed by atoms with Gasteiger partial charge in [-0.05, 0) is 43.4 Å². The van der Waals surface area contributed by atoms with E-state index in [0.29, 0.717) is 36.0 Å². The molecule has 0 aromatic carbocycles. The SMILES string of the molecule is O=C1CCC(C(=O)Cc2cc(-c3cccc(NCC4CCOCC4)n3)c(Cl)cn2)CN1. The molecule has 0 radical (unpaired) electrons. The number of Topliss-reactive ketones (excluding diaryl/α,β-unsaturated/α-hetero) is 1. The van der Waals surface area contributed by atoms with Crippen LogP contribution in [-0.2, 0) is 20.7 Å². The van der Waals surface area contributed by atoms with Crippen LogP contribution >= 0.6 is 11.6 Å². The number of carbonyl (C=O) groups is 2. The standard InChI is InChI=1S/C23H27ClN4O3/c24-19-14-25-17(11-21(29)16-4-5-23(30)27-13-16)10-18(19)20-2-1-3-22(28-20)26-12-15-6-8-31-9-7-15/h1-3,10,14-16H,4-9,11-13H2,(H,26,28)(H,27,30). The van der Waals surface area contributed by atoms with Crippen molar-refractivity contribution >= 4 is 29.1 Å². The second kappa shape index (κ2) is 10.2. The van der Waals surface area contributed by atoms with Crippen molar-refractivity contribution in [2.24, 2.45) is 11.8 Å². The zero-order valence-corrected chi connectivity index (χ0v) is 18.2. The highest BCUT2D eigenvalue weighted by Gasteiger charge is 2.25. The number of hydrogen-bond acceptors (Lipinski definition) is 6. The Morgan fingerprint density at radius 3 is 2.87 bits per heavy atom. The summed E-state index contributed by atoms with van der Waals surface area (Å²) in [5.74, 6) is 1.32. The molecule has 0 aliphatic carbocycles. The minimum absolute atomic E-state index is 0.00680. The van der Waals surface area contributed by atoms with Gasteiger partial charge in [0.1, 0.15) is 11.6 Å². The van der Waals surface area contributed by atoms with Crippen molar-refractivity contribution in [1.29, 1.82) is 0 Å². The summed E-state index contributed by atoms with van der Waals surface area (Å²) in [5.41, 5.74) is 2.15. The Morgan fingerprint density at radius 1 is 1.26 bits per heavy atom. The normalized spacial score (nSPS) is 19.6. The average Bonchev–Trinajstić information content (AvgIpc) is 2.80. The van der Waals surface area contributed by atoms with E-state index < -0.39 is 0 Å². The van der Waals surface area contributed by atoms with Gasteiger partial charge in [0.25, 0.3) is 0 Å². The Bertz CT molecular complexity index is 936. The van der Waals surface area contributed by atoms with Crippen molar-refractivity contribution in [2.45, 2.75) is 32.1 Å². The molecular weight excluding hydrogens is 416 g/mol. The van der Waals surface area contributed by atoms with E-state index in [1.165, 1.54) is 0 Å². The molecule has 0 saturated carbocycles. The summed E-state index contributed by atoms with van der Waals surface area (Å²) in [6.45, 7) is 2.91. The third-order valence-corrected chi connectivity index (χ3v) is 6.23. The van der Waals surface area contributed by atoms with E-state index in [0.717, 1.165) is 49.7 Å². The molecule has 2 aromatic heterocycles. The number of rotatable bonds is 7. The first kappa shape index (κ1) is 21.7. The average molecular weight is 443 g/mol. The summed E-state index contributed by atoms with van der Waals surface area (Å²) in [7, 11) is 0. The van der Waals surface area contributed by atoms with E-state index >= 15 is 0 Å². The van der Waals surface area contributed by atoms with Crippen molar-refractivity contribution in [2.75, 3.05) is 31.6 Å². The number of nitrogens with zero attached hydrogens (tertiary/aromatic N) is 2. The molecule has 2 N–H and O–H groups in total. The van der Waals surface area contributed by atoms with Gasteiger partial charge >= 0.3 is 0 Å². The lowest BCUT2D eigenvalue weighted by atomic mass is 9.92. The number of hydrogen-bond donors (Lipinski definition) is 2. The molecule has 2 aromatic rings. The van der Waals surface area contributed by atoms with Crippen molar-refractivity contribution in [3.63, 3.8) is 0 Å². The van der Waals surface area contributed by atoms with E-state index in [2.05, 4.69) is 15.6 Å². The first-order valence-electron chi connectivity index (χ1n) is 10.8. The summed E-state index contributed by atoms with van der Waals surface area (Å²) < 4.78 is 5.42. The number of aromatic nitrogens is 2. The topological polar surface area (TPSA) is 93.2 Å². The smallest absolute Gasteiger partial charge is 0.220 e. The van der Waals surface area contributed by atoms with E-state index in [1.807, 2.05) is 24.3 Å². The summed E-state index contributed by atoms with van der Waals surface area (Å²) in [6, 6.07) is 7.63. The molecule has 4 heterocycles. The Balaban J connectivity index is 1.44. The van der Waals surface area contributed by atoms with Crippen LogP contribution in [0, 0.1) is 11.8 Å². The monoisotopic (exact) mass is 442 g/mol. The maximum absolute atomic E-state index is 12.6. The van der Waals surface area contributed by atoms with Gasteiger partial charge in [0.2, 0.25) is 5.91 Å². The number of ketones is 1. The molecule has 4 rings (SSSR count). The Labute approximate surface area is 186 Å².